The Balaban J connectivity index is 3.05. The van der Waals surface area contributed by atoms with Crippen LogP contribution in [0.25, 0.3) is 0 Å². The number of rotatable bonds is 5. The van der Waals surface area contributed by atoms with Gasteiger partial charge in [0.25, 0.3) is 0 Å². The van der Waals surface area contributed by atoms with Crippen LogP contribution in [0, 0.1) is 6.92 Å². The molecule has 0 atom stereocenters. The maximum absolute atomic E-state index is 9.92. The molecule has 0 radical (unpaired) electrons. The molecule has 0 aliphatic rings. The maximum atomic E-state index is 9.92. The molecule has 4 N–H and O–H groups in total. The highest BCUT2D eigenvalue weighted by Crippen LogP contribution is 2.21. The Morgan fingerprint density at radius 1 is 1.42 bits per heavy atom. The van der Waals surface area contributed by atoms with Crippen molar-refractivity contribution < 1.29 is 10.3 Å². The molecule has 0 bridgehead atoms. The summed E-state index contributed by atoms with van der Waals surface area (Å²) in [6.07, 6.45) is 0. The first-order valence-electron chi connectivity index (χ1n) is 6.34. The summed E-state index contributed by atoms with van der Waals surface area (Å²) in [4.78, 5) is 2.09. The van der Waals surface area contributed by atoms with Gasteiger partial charge in [-0.05, 0) is 51.5 Å². The fraction of sp³-hybridized carbons (Fsp3) is 0.500. The lowest BCUT2D eigenvalue weighted by molar-refractivity contribution is 0.0876. The second kappa shape index (κ2) is 5.93. The van der Waals surface area contributed by atoms with Crippen LogP contribution in [0.15, 0.2) is 23.4 Å². The molecule has 0 saturated carbocycles. The van der Waals surface area contributed by atoms with Gasteiger partial charge in [-0.3, -0.25) is 0 Å². The molecule has 1 rings (SSSR count). The molecule has 0 saturated heterocycles. The molecule has 5 heteroatoms. The fourth-order valence-electron chi connectivity index (χ4n) is 2.04. The third kappa shape index (κ3) is 4.13. The largest absolute Gasteiger partial charge is 0.409 e. The lowest BCUT2D eigenvalue weighted by Crippen LogP contribution is -2.38. The molecule has 0 unspecified atom stereocenters. The van der Waals surface area contributed by atoms with Crippen molar-refractivity contribution >= 4 is 11.5 Å². The van der Waals surface area contributed by atoms with Crippen molar-refractivity contribution in [2.75, 3.05) is 18.0 Å². The minimum atomic E-state index is -0.756. The molecule has 5 nitrogen and oxygen atoms in total. The van der Waals surface area contributed by atoms with E-state index in [0.717, 1.165) is 17.8 Å². The average Bonchev–Trinajstić information content (AvgIpc) is 2.33. The van der Waals surface area contributed by atoms with Gasteiger partial charge in [0.2, 0.25) is 0 Å². The third-order valence-corrected chi connectivity index (χ3v) is 2.92. The van der Waals surface area contributed by atoms with Gasteiger partial charge >= 0.3 is 0 Å². The highest BCUT2D eigenvalue weighted by molar-refractivity contribution is 5.98. The van der Waals surface area contributed by atoms with E-state index < -0.39 is 5.60 Å². The Morgan fingerprint density at radius 3 is 2.47 bits per heavy atom. The lowest BCUT2D eigenvalue weighted by Gasteiger charge is -2.30. The quantitative estimate of drug-likeness (QED) is 0.327. The molecule has 1 aromatic carbocycles. The molecule has 0 aliphatic carbocycles. The summed E-state index contributed by atoms with van der Waals surface area (Å²) in [5, 5.41) is 21.6. The van der Waals surface area contributed by atoms with Gasteiger partial charge < -0.3 is 20.9 Å². The van der Waals surface area contributed by atoms with Gasteiger partial charge in [-0.1, -0.05) is 5.16 Å². The number of anilines is 1. The summed E-state index contributed by atoms with van der Waals surface area (Å²) >= 11 is 0. The van der Waals surface area contributed by atoms with Crippen LogP contribution >= 0.6 is 0 Å². The van der Waals surface area contributed by atoms with Crippen molar-refractivity contribution in [2.24, 2.45) is 10.9 Å². The second-order valence-electron chi connectivity index (χ2n) is 5.31. The van der Waals surface area contributed by atoms with E-state index in [2.05, 4.69) is 10.1 Å². The smallest absolute Gasteiger partial charge is 0.170 e. The number of likely N-dealkylation sites (N-methyl/N-ethyl adjacent to an activating group) is 1. The van der Waals surface area contributed by atoms with E-state index >= 15 is 0 Å². The Kier molecular flexibility index (Phi) is 4.78. The van der Waals surface area contributed by atoms with E-state index in [9.17, 15) is 5.11 Å². The number of nitrogens with zero attached hydrogens (tertiary/aromatic N) is 2. The molecule has 0 heterocycles. The van der Waals surface area contributed by atoms with E-state index in [1.165, 1.54) is 0 Å². The predicted octanol–water partition coefficient (Wildman–Crippen LogP) is 1.69. The minimum absolute atomic E-state index is 0.106. The molecule has 0 aromatic heterocycles. The van der Waals surface area contributed by atoms with Crippen molar-refractivity contribution in [1.82, 2.24) is 0 Å². The monoisotopic (exact) mass is 265 g/mol. The zero-order valence-electron chi connectivity index (χ0n) is 12.0. The van der Waals surface area contributed by atoms with Gasteiger partial charge in [0.15, 0.2) is 5.84 Å². The molecule has 0 aliphatic heterocycles. The average molecular weight is 265 g/mol. The molecule has 0 fully saturated rings. The van der Waals surface area contributed by atoms with Crippen LogP contribution in [0.2, 0.25) is 0 Å². The summed E-state index contributed by atoms with van der Waals surface area (Å²) in [7, 11) is 0. The van der Waals surface area contributed by atoms with Crippen molar-refractivity contribution in [3.63, 3.8) is 0 Å². The molecule has 19 heavy (non-hydrogen) atoms. The van der Waals surface area contributed by atoms with Crippen molar-refractivity contribution in [1.29, 1.82) is 0 Å². The van der Waals surface area contributed by atoms with Crippen LogP contribution in [0.5, 0.6) is 0 Å². The van der Waals surface area contributed by atoms with Crippen LogP contribution in [0.1, 0.15) is 31.9 Å². The summed E-state index contributed by atoms with van der Waals surface area (Å²) < 4.78 is 0. The number of benzene rings is 1. The Labute approximate surface area is 114 Å². The van der Waals surface area contributed by atoms with Gasteiger partial charge in [-0.25, -0.2) is 0 Å². The lowest BCUT2D eigenvalue weighted by atomic mass is 10.0. The van der Waals surface area contributed by atoms with Crippen molar-refractivity contribution in [3.8, 4) is 0 Å². The fourth-order valence-corrected chi connectivity index (χ4v) is 2.04. The summed E-state index contributed by atoms with van der Waals surface area (Å²) in [6, 6.07) is 5.71. The zero-order chi connectivity index (χ0) is 14.6. The Morgan fingerprint density at radius 2 is 2.05 bits per heavy atom. The molecule has 1 aromatic rings. The summed E-state index contributed by atoms with van der Waals surface area (Å²) in [6.45, 7) is 8.87. The van der Waals surface area contributed by atoms with Crippen molar-refractivity contribution in [2.45, 2.75) is 33.3 Å². The van der Waals surface area contributed by atoms with E-state index in [1.54, 1.807) is 13.8 Å². The van der Waals surface area contributed by atoms with Gasteiger partial charge in [0.1, 0.15) is 0 Å². The third-order valence-electron chi connectivity index (χ3n) is 2.92. The molecular formula is C14H23N3O2. The van der Waals surface area contributed by atoms with Crippen LogP contribution < -0.4 is 10.6 Å². The highest BCUT2D eigenvalue weighted by atomic mass is 16.4. The maximum Gasteiger partial charge on any atom is 0.170 e. The number of hydrogen-bond acceptors (Lipinski definition) is 4. The normalized spacial score (nSPS) is 12.6. The second-order valence-corrected chi connectivity index (χ2v) is 5.31. The van der Waals surface area contributed by atoms with Gasteiger partial charge in [0.05, 0.1) is 5.60 Å². The Bertz CT molecular complexity index is 464. The number of aliphatic hydroxyl groups is 1. The molecular weight excluding hydrogens is 242 g/mol. The number of amidine groups is 1. The first-order chi connectivity index (χ1) is 8.78. The molecule has 0 spiro atoms. The standard InChI is InChI=1S/C14H23N3O2/c1-5-17(9-14(3,4)18)11-6-7-12(10(2)8-11)13(15)16-19/h6-8,18-19H,5,9H2,1-4H3,(H2,15,16). The van der Waals surface area contributed by atoms with E-state index in [4.69, 9.17) is 10.9 Å². The van der Waals surface area contributed by atoms with Crippen LogP contribution in [0.4, 0.5) is 5.69 Å². The van der Waals surface area contributed by atoms with Crippen molar-refractivity contribution in [3.05, 3.63) is 29.3 Å². The molecule has 106 valence electrons. The predicted molar refractivity (Wildman–Crippen MR) is 77.9 cm³/mol. The first kappa shape index (κ1) is 15.3. The van der Waals surface area contributed by atoms with E-state index in [1.807, 2.05) is 32.0 Å². The van der Waals surface area contributed by atoms with E-state index in [0.29, 0.717) is 12.1 Å². The number of aryl methyl sites for hydroxylation is 1. The van der Waals surface area contributed by atoms with Crippen LogP contribution in [-0.4, -0.2) is 34.8 Å². The van der Waals surface area contributed by atoms with Gasteiger partial charge in [0, 0.05) is 24.3 Å². The zero-order valence-corrected chi connectivity index (χ0v) is 12.0. The van der Waals surface area contributed by atoms with Gasteiger partial charge in [-0.2, -0.15) is 0 Å². The SMILES string of the molecule is CCN(CC(C)(C)O)c1ccc(/C(N)=N/O)c(C)c1. The topological polar surface area (TPSA) is 82.1 Å². The van der Waals surface area contributed by atoms with Crippen LogP contribution in [-0.2, 0) is 0 Å². The first-order valence-corrected chi connectivity index (χ1v) is 6.34. The number of oxime groups is 1. The molecule has 0 amide bonds. The summed E-state index contributed by atoms with van der Waals surface area (Å²) in [5.74, 6) is 0.106. The van der Waals surface area contributed by atoms with Crippen LogP contribution in [0.3, 0.4) is 0 Å². The van der Waals surface area contributed by atoms with E-state index in [-0.39, 0.29) is 5.84 Å². The highest BCUT2D eigenvalue weighted by Gasteiger charge is 2.18. The summed E-state index contributed by atoms with van der Waals surface area (Å²) in [5.41, 5.74) is 7.50. The number of hydrogen-bond donors (Lipinski definition) is 3. The number of nitrogens with two attached hydrogens (primary N) is 1. The Hall–Kier alpha value is -1.75. The minimum Gasteiger partial charge on any atom is -0.409 e. The van der Waals surface area contributed by atoms with Gasteiger partial charge in [-0.15, -0.1) is 0 Å².